The third-order valence-corrected chi connectivity index (χ3v) is 5.61. The second-order valence-corrected chi connectivity index (χ2v) is 8.37. The number of anilines is 1. The lowest BCUT2D eigenvalue weighted by Gasteiger charge is -2.36. The van der Waals surface area contributed by atoms with E-state index in [0.717, 1.165) is 24.3 Å². The van der Waals surface area contributed by atoms with Crippen molar-refractivity contribution >= 4 is 23.5 Å². The third kappa shape index (κ3) is 6.09. The van der Waals surface area contributed by atoms with E-state index in [1.807, 2.05) is 51.1 Å². The van der Waals surface area contributed by atoms with E-state index in [-0.39, 0.29) is 24.3 Å². The molecule has 170 valence electrons. The molecule has 1 fully saturated rings. The monoisotopic (exact) mass is 437 g/mol. The highest BCUT2D eigenvalue weighted by atomic mass is 16.5. The van der Waals surface area contributed by atoms with Gasteiger partial charge in [-0.1, -0.05) is 49.7 Å². The number of carbonyl (C=O) groups excluding carboxylic acids is 3. The molecule has 0 aromatic heterocycles. The van der Waals surface area contributed by atoms with Crippen molar-refractivity contribution in [2.24, 2.45) is 5.92 Å². The van der Waals surface area contributed by atoms with Crippen molar-refractivity contribution in [3.8, 4) is 0 Å². The maximum Gasteiger partial charge on any atom is 0.329 e. The van der Waals surface area contributed by atoms with Crippen molar-refractivity contribution in [3.63, 3.8) is 0 Å². The molecule has 1 atom stereocenters. The Balaban J connectivity index is 1.49. The van der Waals surface area contributed by atoms with Gasteiger partial charge in [0.25, 0.3) is 11.8 Å². The van der Waals surface area contributed by atoms with Crippen molar-refractivity contribution in [1.29, 1.82) is 0 Å². The number of hydrogen-bond acceptors (Lipinski definition) is 5. The number of nitrogens with one attached hydrogen (secondary N) is 1. The molecule has 1 N–H and O–H groups in total. The lowest BCUT2D eigenvalue weighted by atomic mass is 10.0. The number of para-hydroxylation sites is 1. The number of ether oxygens (including phenoxy) is 1. The Bertz CT molecular complexity index is 920. The van der Waals surface area contributed by atoms with Crippen LogP contribution >= 0.6 is 0 Å². The number of hydrogen-bond donors (Lipinski definition) is 1. The van der Waals surface area contributed by atoms with Crippen LogP contribution in [0.4, 0.5) is 5.69 Å². The minimum Gasteiger partial charge on any atom is -0.454 e. The van der Waals surface area contributed by atoms with E-state index in [4.69, 9.17) is 4.74 Å². The average Bonchev–Trinajstić information content (AvgIpc) is 2.81. The molecule has 0 unspecified atom stereocenters. The lowest BCUT2D eigenvalue weighted by molar-refractivity contribution is -0.154. The quantitative estimate of drug-likeness (QED) is 0.674. The fourth-order valence-corrected chi connectivity index (χ4v) is 3.59. The number of benzene rings is 2. The van der Waals surface area contributed by atoms with Crippen molar-refractivity contribution < 1.29 is 19.1 Å². The second kappa shape index (κ2) is 10.8. The van der Waals surface area contributed by atoms with Gasteiger partial charge in [-0.15, -0.1) is 0 Å². The predicted molar refractivity (Wildman–Crippen MR) is 123 cm³/mol. The molecular weight excluding hydrogens is 406 g/mol. The minimum atomic E-state index is -0.827. The molecule has 0 spiro atoms. The fourth-order valence-electron chi connectivity index (χ4n) is 3.59. The molecule has 0 radical (unpaired) electrons. The summed E-state index contributed by atoms with van der Waals surface area (Å²) in [4.78, 5) is 41.6. The molecule has 1 saturated heterocycles. The summed E-state index contributed by atoms with van der Waals surface area (Å²) in [6, 6.07) is 16.4. The lowest BCUT2D eigenvalue weighted by Crippen LogP contribution is -2.50. The van der Waals surface area contributed by atoms with Gasteiger partial charge in [-0.2, -0.15) is 0 Å². The Morgan fingerprint density at radius 2 is 1.56 bits per heavy atom. The second-order valence-electron chi connectivity index (χ2n) is 8.37. The largest absolute Gasteiger partial charge is 0.454 e. The van der Waals surface area contributed by atoms with Gasteiger partial charge in [0.05, 0.1) is 0 Å². The molecular formula is C25H31N3O4. The number of amides is 2. The van der Waals surface area contributed by atoms with Gasteiger partial charge in [0.15, 0.2) is 6.61 Å². The molecule has 2 amide bonds. The van der Waals surface area contributed by atoms with Crippen LogP contribution in [0.25, 0.3) is 0 Å². The number of aryl methyl sites for hydroxylation is 1. The van der Waals surface area contributed by atoms with Crippen LogP contribution in [-0.4, -0.2) is 61.5 Å². The van der Waals surface area contributed by atoms with E-state index in [2.05, 4.69) is 22.3 Å². The highest BCUT2D eigenvalue weighted by Crippen LogP contribution is 2.16. The Hall–Kier alpha value is -3.35. The summed E-state index contributed by atoms with van der Waals surface area (Å²) in [5.74, 6) is -1.35. The van der Waals surface area contributed by atoms with Crippen LogP contribution in [0.5, 0.6) is 0 Å². The summed E-state index contributed by atoms with van der Waals surface area (Å²) >= 11 is 0. The molecule has 1 aliphatic heterocycles. The normalized spacial score (nSPS) is 14.8. The molecule has 32 heavy (non-hydrogen) atoms. The SMILES string of the molecule is Cc1ccc(C(=O)N[C@H](C(=O)OCC(=O)N2CCN(c3ccccc3)CC2)C(C)C)cc1. The van der Waals surface area contributed by atoms with Gasteiger partial charge in [0.1, 0.15) is 6.04 Å². The van der Waals surface area contributed by atoms with E-state index in [9.17, 15) is 14.4 Å². The first-order chi connectivity index (χ1) is 15.3. The molecule has 3 rings (SSSR count). The number of esters is 1. The summed E-state index contributed by atoms with van der Waals surface area (Å²) in [5.41, 5.74) is 2.65. The highest BCUT2D eigenvalue weighted by Gasteiger charge is 2.28. The standard InChI is InChI=1S/C25H31N3O4/c1-18(2)23(26-24(30)20-11-9-19(3)10-12-20)25(31)32-17-22(29)28-15-13-27(14-16-28)21-7-5-4-6-8-21/h4-12,18,23H,13-17H2,1-3H3,(H,26,30)/t23-/m0/s1. The van der Waals surface area contributed by atoms with E-state index in [1.54, 1.807) is 17.0 Å². The predicted octanol–water partition coefficient (Wildman–Crippen LogP) is 2.64. The minimum absolute atomic E-state index is 0.179. The maximum atomic E-state index is 12.6. The Morgan fingerprint density at radius 1 is 0.938 bits per heavy atom. The van der Waals surface area contributed by atoms with E-state index in [1.165, 1.54) is 0 Å². The van der Waals surface area contributed by atoms with Crippen LogP contribution < -0.4 is 10.2 Å². The topological polar surface area (TPSA) is 78.9 Å². The third-order valence-electron chi connectivity index (χ3n) is 5.61. The summed E-state index contributed by atoms with van der Waals surface area (Å²) in [5, 5.41) is 2.73. The van der Waals surface area contributed by atoms with E-state index < -0.39 is 12.0 Å². The van der Waals surface area contributed by atoms with Gasteiger partial charge >= 0.3 is 5.97 Å². The maximum absolute atomic E-state index is 12.6. The summed E-state index contributed by atoms with van der Waals surface area (Å²) in [7, 11) is 0. The smallest absolute Gasteiger partial charge is 0.329 e. The molecule has 2 aromatic carbocycles. The average molecular weight is 438 g/mol. The summed E-state index contributed by atoms with van der Waals surface area (Å²) in [6.45, 7) is 7.86. The first kappa shape index (κ1) is 23.3. The first-order valence-electron chi connectivity index (χ1n) is 11.0. The van der Waals surface area contributed by atoms with Gasteiger partial charge < -0.3 is 19.9 Å². The van der Waals surface area contributed by atoms with E-state index in [0.29, 0.717) is 18.7 Å². The van der Waals surface area contributed by atoms with Gasteiger partial charge in [-0.05, 0) is 37.1 Å². The number of rotatable bonds is 7. The first-order valence-corrected chi connectivity index (χ1v) is 11.0. The van der Waals surface area contributed by atoms with Crippen molar-refractivity contribution in [3.05, 3.63) is 65.7 Å². The molecule has 2 aromatic rings. The van der Waals surface area contributed by atoms with Crippen LogP contribution in [0.2, 0.25) is 0 Å². The van der Waals surface area contributed by atoms with Crippen LogP contribution in [0.1, 0.15) is 29.8 Å². The Kier molecular flexibility index (Phi) is 7.87. The fraction of sp³-hybridized carbons (Fsp3) is 0.400. The summed E-state index contributed by atoms with van der Waals surface area (Å²) in [6.07, 6.45) is 0. The van der Waals surface area contributed by atoms with Crippen LogP contribution in [0.3, 0.4) is 0 Å². The number of piperazine rings is 1. The molecule has 7 nitrogen and oxygen atoms in total. The zero-order chi connectivity index (χ0) is 23.1. The van der Waals surface area contributed by atoms with E-state index >= 15 is 0 Å². The Morgan fingerprint density at radius 3 is 2.16 bits per heavy atom. The van der Waals surface area contributed by atoms with Crippen molar-refractivity contribution in [1.82, 2.24) is 10.2 Å². The van der Waals surface area contributed by atoms with Crippen LogP contribution in [-0.2, 0) is 14.3 Å². The van der Waals surface area contributed by atoms with Gasteiger partial charge in [0.2, 0.25) is 0 Å². The van der Waals surface area contributed by atoms with Crippen molar-refractivity contribution in [2.45, 2.75) is 26.8 Å². The zero-order valence-corrected chi connectivity index (χ0v) is 18.9. The molecule has 0 saturated carbocycles. The van der Waals surface area contributed by atoms with Crippen LogP contribution in [0, 0.1) is 12.8 Å². The molecule has 1 aliphatic rings. The van der Waals surface area contributed by atoms with Crippen LogP contribution in [0.15, 0.2) is 54.6 Å². The zero-order valence-electron chi connectivity index (χ0n) is 18.9. The molecule has 7 heteroatoms. The molecule has 0 bridgehead atoms. The molecule has 0 aliphatic carbocycles. The number of carbonyl (C=O) groups is 3. The summed E-state index contributed by atoms with van der Waals surface area (Å²) < 4.78 is 5.29. The number of nitrogens with zero attached hydrogens (tertiary/aromatic N) is 2. The van der Waals surface area contributed by atoms with Gasteiger partial charge in [-0.3, -0.25) is 9.59 Å². The highest BCUT2D eigenvalue weighted by molar-refractivity contribution is 5.97. The van der Waals surface area contributed by atoms with Crippen molar-refractivity contribution in [2.75, 3.05) is 37.7 Å². The molecule has 1 heterocycles. The van der Waals surface area contributed by atoms with Gasteiger partial charge in [0, 0.05) is 37.4 Å². The van der Waals surface area contributed by atoms with Gasteiger partial charge in [-0.25, -0.2) is 4.79 Å². The Labute approximate surface area is 189 Å².